The maximum absolute atomic E-state index is 11.1. The first-order chi connectivity index (χ1) is 8.61. The Hall–Kier alpha value is -0.870. The lowest BCUT2D eigenvalue weighted by molar-refractivity contribution is 0.112. The minimum absolute atomic E-state index is 0.596. The van der Waals surface area contributed by atoms with Gasteiger partial charge in [-0.05, 0) is 44.6 Å². The second-order valence-electron chi connectivity index (χ2n) is 4.98. The summed E-state index contributed by atoms with van der Waals surface area (Å²) in [7, 11) is 4.23. The highest BCUT2D eigenvalue weighted by Gasteiger charge is 2.22. The Labute approximate surface area is 117 Å². The number of nitrogens with zero attached hydrogens (tertiary/aromatic N) is 2. The summed E-state index contributed by atoms with van der Waals surface area (Å²) < 4.78 is 0.944. The second kappa shape index (κ2) is 5.85. The van der Waals surface area contributed by atoms with Crippen molar-refractivity contribution in [3.63, 3.8) is 0 Å². The molecule has 1 aromatic rings. The molecule has 1 fully saturated rings. The van der Waals surface area contributed by atoms with Gasteiger partial charge in [0.05, 0.1) is 0 Å². The monoisotopic (exact) mass is 310 g/mol. The van der Waals surface area contributed by atoms with Gasteiger partial charge in [0.15, 0.2) is 6.29 Å². The van der Waals surface area contributed by atoms with Crippen LogP contribution < -0.4 is 4.90 Å². The molecule has 1 saturated heterocycles. The SMILES string of the molecule is CN(CC1CCCN1C)c1ccc(Br)cc1C=O. The molecule has 0 radical (unpaired) electrons. The molecular formula is C14H19BrN2O. The van der Waals surface area contributed by atoms with Crippen molar-refractivity contribution in [2.45, 2.75) is 18.9 Å². The van der Waals surface area contributed by atoms with Crippen LogP contribution in [-0.2, 0) is 0 Å². The summed E-state index contributed by atoms with van der Waals surface area (Å²) >= 11 is 3.40. The molecule has 3 nitrogen and oxygen atoms in total. The summed E-state index contributed by atoms with van der Waals surface area (Å²) in [6.07, 6.45) is 3.44. The predicted octanol–water partition coefficient (Wildman–Crippen LogP) is 2.79. The number of anilines is 1. The fourth-order valence-electron chi connectivity index (χ4n) is 2.59. The third-order valence-electron chi connectivity index (χ3n) is 3.68. The van der Waals surface area contributed by atoms with Gasteiger partial charge in [0.25, 0.3) is 0 Å². The van der Waals surface area contributed by atoms with Gasteiger partial charge in [-0.25, -0.2) is 0 Å². The van der Waals surface area contributed by atoms with E-state index in [0.29, 0.717) is 6.04 Å². The lowest BCUT2D eigenvalue weighted by Crippen LogP contribution is -2.36. The van der Waals surface area contributed by atoms with Crippen molar-refractivity contribution in [2.75, 3.05) is 32.1 Å². The van der Waals surface area contributed by atoms with Crippen molar-refractivity contribution in [3.05, 3.63) is 28.2 Å². The largest absolute Gasteiger partial charge is 0.372 e. The van der Waals surface area contributed by atoms with Crippen molar-refractivity contribution in [1.29, 1.82) is 0 Å². The second-order valence-corrected chi connectivity index (χ2v) is 5.89. The van der Waals surface area contributed by atoms with Crippen LogP contribution >= 0.6 is 15.9 Å². The van der Waals surface area contributed by atoms with E-state index in [9.17, 15) is 4.79 Å². The summed E-state index contributed by atoms with van der Waals surface area (Å²) in [5.74, 6) is 0. The number of carbonyl (C=O) groups excluding carboxylic acids is 1. The zero-order valence-electron chi connectivity index (χ0n) is 10.9. The minimum Gasteiger partial charge on any atom is -0.372 e. The average molecular weight is 311 g/mol. The molecule has 1 atom stereocenters. The van der Waals surface area contributed by atoms with E-state index in [1.165, 1.54) is 19.4 Å². The zero-order valence-corrected chi connectivity index (χ0v) is 12.5. The zero-order chi connectivity index (χ0) is 13.1. The van der Waals surface area contributed by atoms with Crippen LogP contribution in [0.2, 0.25) is 0 Å². The van der Waals surface area contributed by atoms with Crippen LogP contribution in [0.15, 0.2) is 22.7 Å². The van der Waals surface area contributed by atoms with Gasteiger partial charge in [-0.2, -0.15) is 0 Å². The molecule has 0 aliphatic carbocycles. The van der Waals surface area contributed by atoms with E-state index in [1.807, 2.05) is 18.2 Å². The van der Waals surface area contributed by atoms with Crippen LogP contribution in [-0.4, -0.2) is 44.4 Å². The fraction of sp³-hybridized carbons (Fsp3) is 0.500. The van der Waals surface area contributed by atoms with E-state index < -0.39 is 0 Å². The molecule has 1 unspecified atom stereocenters. The molecule has 0 saturated carbocycles. The van der Waals surface area contributed by atoms with Gasteiger partial charge in [0.2, 0.25) is 0 Å². The molecule has 0 amide bonds. The third kappa shape index (κ3) is 2.93. The summed E-state index contributed by atoms with van der Waals surface area (Å²) in [5, 5.41) is 0. The smallest absolute Gasteiger partial charge is 0.152 e. The number of benzene rings is 1. The first-order valence-electron chi connectivity index (χ1n) is 6.28. The van der Waals surface area contributed by atoms with Crippen LogP contribution in [0.4, 0.5) is 5.69 Å². The molecule has 1 heterocycles. The van der Waals surface area contributed by atoms with Crippen LogP contribution in [0.5, 0.6) is 0 Å². The number of likely N-dealkylation sites (N-methyl/N-ethyl adjacent to an activating group) is 2. The molecule has 18 heavy (non-hydrogen) atoms. The van der Waals surface area contributed by atoms with Crippen molar-refractivity contribution in [2.24, 2.45) is 0 Å². The number of hydrogen-bond acceptors (Lipinski definition) is 3. The van der Waals surface area contributed by atoms with Gasteiger partial charge < -0.3 is 9.80 Å². The van der Waals surface area contributed by atoms with Crippen LogP contribution in [0, 0.1) is 0 Å². The quantitative estimate of drug-likeness (QED) is 0.799. The minimum atomic E-state index is 0.596. The Morgan fingerprint density at radius 3 is 2.94 bits per heavy atom. The maximum Gasteiger partial charge on any atom is 0.152 e. The van der Waals surface area contributed by atoms with E-state index in [2.05, 4.69) is 39.8 Å². The van der Waals surface area contributed by atoms with Crippen molar-refractivity contribution >= 4 is 27.9 Å². The van der Waals surface area contributed by atoms with E-state index in [1.54, 1.807) is 0 Å². The number of carbonyl (C=O) groups is 1. The first-order valence-corrected chi connectivity index (χ1v) is 7.07. The van der Waals surface area contributed by atoms with E-state index in [-0.39, 0.29) is 0 Å². The van der Waals surface area contributed by atoms with Crippen molar-refractivity contribution in [3.8, 4) is 0 Å². The van der Waals surface area contributed by atoms with Gasteiger partial charge in [0, 0.05) is 35.4 Å². The maximum atomic E-state index is 11.1. The molecule has 1 aromatic carbocycles. The number of aldehydes is 1. The van der Waals surface area contributed by atoms with Crippen LogP contribution in [0.25, 0.3) is 0 Å². The van der Waals surface area contributed by atoms with Crippen LogP contribution in [0.1, 0.15) is 23.2 Å². The molecule has 0 N–H and O–H groups in total. The Morgan fingerprint density at radius 1 is 1.56 bits per heavy atom. The van der Waals surface area contributed by atoms with E-state index >= 15 is 0 Å². The van der Waals surface area contributed by atoms with Gasteiger partial charge in [-0.15, -0.1) is 0 Å². The first kappa shape index (κ1) is 13.6. The average Bonchev–Trinajstić information content (AvgIpc) is 2.74. The number of likely N-dealkylation sites (tertiary alicyclic amines) is 1. The lowest BCUT2D eigenvalue weighted by atomic mass is 10.1. The van der Waals surface area contributed by atoms with Crippen molar-refractivity contribution < 1.29 is 4.79 Å². The van der Waals surface area contributed by atoms with Gasteiger partial charge in [-0.3, -0.25) is 4.79 Å². The van der Waals surface area contributed by atoms with E-state index in [4.69, 9.17) is 0 Å². The molecule has 0 bridgehead atoms. The van der Waals surface area contributed by atoms with Gasteiger partial charge in [-0.1, -0.05) is 15.9 Å². The van der Waals surface area contributed by atoms with Crippen LogP contribution in [0.3, 0.4) is 0 Å². The fourth-order valence-corrected chi connectivity index (χ4v) is 2.97. The summed E-state index contributed by atoms with van der Waals surface area (Å²) in [6.45, 7) is 2.15. The highest BCUT2D eigenvalue weighted by molar-refractivity contribution is 9.10. The number of hydrogen-bond donors (Lipinski definition) is 0. The summed E-state index contributed by atoms with van der Waals surface area (Å²) in [5.41, 5.74) is 1.75. The standard InChI is InChI=1S/C14H19BrN2O/c1-16-7-3-4-13(16)9-17(2)14-6-5-12(15)8-11(14)10-18/h5-6,8,10,13H,3-4,7,9H2,1-2H3. The predicted molar refractivity (Wildman–Crippen MR) is 78.5 cm³/mol. The van der Waals surface area contributed by atoms with Crippen molar-refractivity contribution in [1.82, 2.24) is 4.90 Å². The highest BCUT2D eigenvalue weighted by atomic mass is 79.9. The summed E-state index contributed by atoms with van der Waals surface area (Å²) in [6, 6.07) is 6.45. The molecule has 0 spiro atoms. The molecule has 1 aliphatic heterocycles. The number of halogens is 1. The topological polar surface area (TPSA) is 23.6 Å². The third-order valence-corrected chi connectivity index (χ3v) is 4.18. The molecule has 1 aliphatic rings. The Bertz CT molecular complexity index is 436. The highest BCUT2D eigenvalue weighted by Crippen LogP contribution is 2.24. The molecule has 4 heteroatoms. The Kier molecular flexibility index (Phi) is 4.40. The van der Waals surface area contributed by atoms with E-state index in [0.717, 1.165) is 28.6 Å². The van der Waals surface area contributed by atoms with Gasteiger partial charge >= 0.3 is 0 Å². The lowest BCUT2D eigenvalue weighted by Gasteiger charge is -2.28. The Balaban J connectivity index is 2.13. The summed E-state index contributed by atoms with van der Waals surface area (Å²) in [4.78, 5) is 15.7. The molecule has 0 aromatic heterocycles. The number of rotatable bonds is 4. The van der Waals surface area contributed by atoms with Gasteiger partial charge in [0.1, 0.15) is 0 Å². The molecular weight excluding hydrogens is 292 g/mol. The normalized spacial score (nSPS) is 20.1. The Morgan fingerprint density at radius 2 is 2.33 bits per heavy atom. The molecule has 2 rings (SSSR count). The molecule has 98 valence electrons.